The van der Waals surface area contributed by atoms with E-state index in [9.17, 15) is 4.79 Å². The summed E-state index contributed by atoms with van der Waals surface area (Å²) in [5.74, 6) is 0. The van der Waals surface area contributed by atoms with Crippen molar-refractivity contribution in [2.45, 2.75) is 6.42 Å². The number of halogens is 1. The molecule has 0 fully saturated rings. The third-order valence-corrected chi connectivity index (χ3v) is 2.59. The smallest absolute Gasteiger partial charge is 0.272 e. The normalized spacial score (nSPS) is 10.4. The average molecular weight is 280 g/mol. The Balaban J connectivity index is 2.39. The van der Waals surface area contributed by atoms with E-state index in [1.54, 1.807) is 25.6 Å². The second-order valence-corrected chi connectivity index (χ2v) is 4.28. The fraction of sp³-hybridized carbons (Fsp3) is 0.182. The van der Waals surface area contributed by atoms with Gasteiger partial charge in [-0.25, -0.2) is 4.98 Å². The Kier molecular flexibility index (Phi) is 3.14. The van der Waals surface area contributed by atoms with Crippen molar-refractivity contribution < 1.29 is 0 Å². The maximum absolute atomic E-state index is 11.8. The summed E-state index contributed by atoms with van der Waals surface area (Å²) >= 11 is 3.27. The van der Waals surface area contributed by atoms with Crippen LogP contribution in [0.5, 0.6) is 0 Å². The first kappa shape index (κ1) is 11.0. The third kappa shape index (κ3) is 2.36. The van der Waals surface area contributed by atoms with Crippen LogP contribution < -0.4 is 5.56 Å². The summed E-state index contributed by atoms with van der Waals surface area (Å²) in [6.45, 7) is 0. The van der Waals surface area contributed by atoms with Gasteiger partial charge in [0.15, 0.2) is 0 Å². The lowest BCUT2D eigenvalue weighted by atomic mass is 10.2. The molecule has 0 aliphatic rings. The molecule has 2 aromatic rings. The van der Waals surface area contributed by atoms with Crippen molar-refractivity contribution in [1.29, 1.82) is 0 Å². The molecule has 0 aromatic carbocycles. The Labute approximate surface area is 101 Å². The monoisotopic (exact) mass is 279 g/mol. The van der Waals surface area contributed by atoms with E-state index in [1.807, 2.05) is 12.1 Å². The van der Waals surface area contributed by atoms with Gasteiger partial charge in [0.2, 0.25) is 0 Å². The molecule has 0 amide bonds. The van der Waals surface area contributed by atoms with E-state index in [0.717, 1.165) is 5.56 Å². The largest absolute Gasteiger partial charge is 0.314 e. The highest BCUT2D eigenvalue weighted by molar-refractivity contribution is 9.10. The molecule has 2 rings (SSSR count). The number of hydrogen-bond donors (Lipinski definition) is 0. The number of aryl methyl sites for hydroxylation is 1. The minimum Gasteiger partial charge on any atom is -0.314 e. The standard InChI is InChI=1S/C11H10BrN3O/c1-15-7-10(12)14-9(11(15)16)5-8-3-2-4-13-6-8/h2-4,6-7H,5H2,1H3. The molecule has 0 bridgehead atoms. The first-order valence-electron chi connectivity index (χ1n) is 4.78. The van der Waals surface area contributed by atoms with E-state index in [1.165, 1.54) is 4.57 Å². The predicted octanol–water partition coefficient (Wildman–Crippen LogP) is 1.53. The first-order valence-corrected chi connectivity index (χ1v) is 5.57. The van der Waals surface area contributed by atoms with Crippen LogP contribution >= 0.6 is 15.9 Å². The quantitative estimate of drug-likeness (QED) is 0.838. The summed E-state index contributed by atoms with van der Waals surface area (Å²) in [5, 5.41) is 0. The summed E-state index contributed by atoms with van der Waals surface area (Å²) < 4.78 is 2.18. The minimum absolute atomic E-state index is 0.0768. The van der Waals surface area contributed by atoms with Crippen molar-refractivity contribution in [3.8, 4) is 0 Å². The molecule has 0 spiro atoms. The second kappa shape index (κ2) is 4.57. The van der Waals surface area contributed by atoms with Crippen molar-refractivity contribution in [3.63, 3.8) is 0 Å². The van der Waals surface area contributed by atoms with Gasteiger partial charge >= 0.3 is 0 Å². The number of nitrogens with zero attached hydrogens (tertiary/aromatic N) is 3. The first-order chi connectivity index (χ1) is 7.66. The molecule has 0 unspecified atom stereocenters. The van der Waals surface area contributed by atoms with Crippen molar-refractivity contribution >= 4 is 15.9 Å². The van der Waals surface area contributed by atoms with E-state index in [-0.39, 0.29) is 5.56 Å². The molecule has 4 nitrogen and oxygen atoms in total. The van der Waals surface area contributed by atoms with Gasteiger partial charge in [0.1, 0.15) is 10.3 Å². The lowest BCUT2D eigenvalue weighted by molar-refractivity contribution is 0.799. The Morgan fingerprint density at radius 3 is 3.00 bits per heavy atom. The van der Waals surface area contributed by atoms with E-state index < -0.39 is 0 Å². The maximum Gasteiger partial charge on any atom is 0.272 e. The van der Waals surface area contributed by atoms with Crippen molar-refractivity contribution in [2.75, 3.05) is 0 Å². The zero-order chi connectivity index (χ0) is 11.5. The van der Waals surface area contributed by atoms with E-state index in [4.69, 9.17) is 0 Å². The van der Waals surface area contributed by atoms with Crippen LogP contribution in [-0.4, -0.2) is 14.5 Å². The van der Waals surface area contributed by atoms with Crippen LogP contribution in [0.2, 0.25) is 0 Å². The Hall–Kier alpha value is -1.49. The summed E-state index contributed by atoms with van der Waals surface area (Å²) in [7, 11) is 1.71. The van der Waals surface area contributed by atoms with Crippen LogP contribution in [0.4, 0.5) is 0 Å². The summed E-state index contributed by atoms with van der Waals surface area (Å²) in [4.78, 5) is 20.0. The van der Waals surface area contributed by atoms with Crippen LogP contribution in [0.3, 0.4) is 0 Å². The van der Waals surface area contributed by atoms with Gasteiger partial charge in [-0.1, -0.05) is 6.07 Å². The fourth-order valence-corrected chi connectivity index (χ4v) is 1.96. The molecule has 2 heterocycles. The lowest BCUT2D eigenvalue weighted by Gasteiger charge is -2.03. The molecule has 0 N–H and O–H groups in total. The highest BCUT2D eigenvalue weighted by Gasteiger charge is 2.06. The highest BCUT2D eigenvalue weighted by Crippen LogP contribution is 2.06. The fourth-order valence-electron chi connectivity index (χ4n) is 1.44. The predicted molar refractivity (Wildman–Crippen MR) is 64.2 cm³/mol. The lowest BCUT2D eigenvalue weighted by Crippen LogP contribution is -2.22. The van der Waals surface area contributed by atoms with Gasteiger partial charge in [0.25, 0.3) is 5.56 Å². The van der Waals surface area contributed by atoms with Crippen LogP contribution in [-0.2, 0) is 13.5 Å². The minimum atomic E-state index is -0.0768. The van der Waals surface area contributed by atoms with Gasteiger partial charge in [-0.15, -0.1) is 0 Å². The van der Waals surface area contributed by atoms with Gasteiger partial charge in [-0.2, -0.15) is 0 Å². The molecule has 0 saturated carbocycles. The van der Waals surface area contributed by atoms with Crippen LogP contribution in [0.1, 0.15) is 11.3 Å². The number of aromatic nitrogens is 3. The zero-order valence-corrected chi connectivity index (χ0v) is 10.3. The van der Waals surface area contributed by atoms with Crippen LogP contribution in [0.15, 0.2) is 40.1 Å². The van der Waals surface area contributed by atoms with Crippen molar-refractivity contribution in [2.24, 2.45) is 7.05 Å². The average Bonchev–Trinajstić information content (AvgIpc) is 2.27. The van der Waals surface area contributed by atoms with Gasteiger partial charge < -0.3 is 4.57 Å². The molecule has 0 atom stereocenters. The molecule has 82 valence electrons. The van der Waals surface area contributed by atoms with Gasteiger partial charge in [-0.3, -0.25) is 9.78 Å². The number of rotatable bonds is 2. The molecule has 5 heteroatoms. The number of hydrogen-bond acceptors (Lipinski definition) is 3. The highest BCUT2D eigenvalue weighted by atomic mass is 79.9. The van der Waals surface area contributed by atoms with Gasteiger partial charge in [0, 0.05) is 32.1 Å². The maximum atomic E-state index is 11.8. The molecule has 0 saturated heterocycles. The summed E-state index contributed by atoms with van der Waals surface area (Å²) in [6.07, 6.45) is 5.59. The molecule has 0 aliphatic carbocycles. The van der Waals surface area contributed by atoms with E-state index >= 15 is 0 Å². The zero-order valence-electron chi connectivity index (χ0n) is 8.72. The summed E-state index contributed by atoms with van der Waals surface area (Å²) in [5.41, 5.74) is 1.42. The van der Waals surface area contributed by atoms with E-state index in [0.29, 0.717) is 16.7 Å². The molecule has 2 aromatic heterocycles. The molecule has 0 radical (unpaired) electrons. The van der Waals surface area contributed by atoms with Crippen LogP contribution in [0, 0.1) is 0 Å². The Morgan fingerprint density at radius 1 is 1.50 bits per heavy atom. The molecule has 16 heavy (non-hydrogen) atoms. The Morgan fingerprint density at radius 2 is 2.31 bits per heavy atom. The third-order valence-electron chi connectivity index (χ3n) is 2.20. The van der Waals surface area contributed by atoms with Crippen LogP contribution in [0.25, 0.3) is 0 Å². The van der Waals surface area contributed by atoms with E-state index in [2.05, 4.69) is 25.9 Å². The second-order valence-electron chi connectivity index (χ2n) is 3.46. The SMILES string of the molecule is Cn1cc(Br)nc(Cc2cccnc2)c1=O. The van der Waals surface area contributed by atoms with Crippen molar-refractivity contribution in [1.82, 2.24) is 14.5 Å². The van der Waals surface area contributed by atoms with Gasteiger partial charge in [-0.05, 0) is 27.6 Å². The molecule has 0 aliphatic heterocycles. The number of pyridine rings is 1. The molecular weight excluding hydrogens is 270 g/mol. The molecular formula is C11H10BrN3O. The Bertz CT molecular complexity index is 551. The topological polar surface area (TPSA) is 47.8 Å². The van der Waals surface area contributed by atoms with Crippen molar-refractivity contribution in [3.05, 3.63) is 56.9 Å². The van der Waals surface area contributed by atoms with Gasteiger partial charge in [0.05, 0.1) is 0 Å². The summed E-state index contributed by atoms with van der Waals surface area (Å²) in [6, 6.07) is 3.77.